The minimum absolute atomic E-state index is 0.211. The Morgan fingerprint density at radius 1 is 1.20 bits per heavy atom. The summed E-state index contributed by atoms with van der Waals surface area (Å²) in [5.74, 6) is 2.56. The molecule has 1 aliphatic heterocycles. The predicted molar refractivity (Wildman–Crippen MR) is 98.3 cm³/mol. The van der Waals surface area contributed by atoms with Gasteiger partial charge in [-0.3, -0.25) is 4.79 Å². The molecule has 0 N–H and O–H groups in total. The van der Waals surface area contributed by atoms with Crippen LogP contribution in [0.3, 0.4) is 0 Å². The number of aryl methyl sites for hydroxylation is 1. The van der Waals surface area contributed by atoms with Gasteiger partial charge in [-0.05, 0) is 70.0 Å². The average molecular weight is 341 g/mol. The molecule has 0 radical (unpaired) electrons. The van der Waals surface area contributed by atoms with Crippen LogP contribution in [0.1, 0.15) is 69.8 Å². The molecule has 4 rings (SSSR count). The van der Waals surface area contributed by atoms with Crippen LogP contribution in [0.15, 0.2) is 12.3 Å². The number of rotatable bonds is 4. The van der Waals surface area contributed by atoms with Gasteiger partial charge >= 0.3 is 0 Å². The molecule has 3 fully saturated rings. The zero-order valence-electron chi connectivity index (χ0n) is 15.9. The van der Waals surface area contributed by atoms with E-state index in [1.165, 1.54) is 44.5 Å². The van der Waals surface area contributed by atoms with Crippen LogP contribution in [0.4, 0.5) is 0 Å². The molecular weight excluding hydrogens is 310 g/mol. The number of Topliss-reactive ketones (excluding diaryl/α,β-unsaturated/α-hetero) is 1. The summed E-state index contributed by atoms with van der Waals surface area (Å²) >= 11 is 0. The number of nitrogens with zero attached hydrogens (tertiary/aromatic N) is 3. The Kier molecular flexibility index (Phi) is 4.43. The molecule has 0 aromatic carbocycles. The Balaban J connectivity index is 1.24. The van der Waals surface area contributed by atoms with Gasteiger partial charge in [-0.25, -0.2) is 9.97 Å². The first-order valence-electron chi connectivity index (χ1n) is 10.0. The highest BCUT2D eigenvalue weighted by atomic mass is 16.1. The monoisotopic (exact) mass is 341 g/mol. The normalized spacial score (nSPS) is 33.3. The minimum Gasteiger partial charge on any atom is -0.300 e. The molecule has 2 heterocycles. The van der Waals surface area contributed by atoms with Crippen molar-refractivity contribution in [3.63, 3.8) is 0 Å². The first kappa shape index (κ1) is 17.1. The van der Waals surface area contributed by atoms with E-state index in [1.807, 2.05) is 27.0 Å². The van der Waals surface area contributed by atoms with Crippen LogP contribution in [0, 0.1) is 24.2 Å². The Labute approximate surface area is 151 Å². The van der Waals surface area contributed by atoms with E-state index in [2.05, 4.69) is 20.9 Å². The van der Waals surface area contributed by atoms with Crippen LogP contribution in [0.25, 0.3) is 0 Å². The number of ketones is 1. The molecule has 4 heteroatoms. The van der Waals surface area contributed by atoms with E-state index in [4.69, 9.17) is 0 Å². The van der Waals surface area contributed by atoms with Crippen molar-refractivity contribution in [1.29, 1.82) is 0 Å². The lowest BCUT2D eigenvalue weighted by molar-refractivity contribution is -0.144. The lowest BCUT2D eigenvalue weighted by atomic mass is 9.48. The lowest BCUT2D eigenvalue weighted by Crippen LogP contribution is -2.58. The van der Waals surface area contributed by atoms with Crippen LogP contribution in [-0.2, 0) is 4.79 Å². The second-order valence-electron chi connectivity index (χ2n) is 9.06. The van der Waals surface area contributed by atoms with E-state index < -0.39 is 0 Å². The Bertz CT molecular complexity index is 634. The third-order valence-electron chi connectivity index (χ3n) is 6.93. The van der Waals surface area contributed by atoms with E-state index in [9.17, 15) is 4.79 Å². The molecule has 0 unspecified atom stereocenters. The van der Waals surface area contributed by atoms with Gasteiger partial charge in [0.1, 0.15) is 11.6 Å². The van der Waals surface area contributed by atoms with Crippen molar-refractivity contribution in [2.75, 3.05) is 13.1 Å². The summed E-state index contributed by atoms with van der Waals surface area (Å²) in [4.78, 5) is 23.7. The van der Waals surface area contributed by atoms with Crippen molar-refractivity contribution in [3.8, 4) is 0 Å². The molecule has 136 valence electrons. The first-order chi connectivity index (χ1) is 12.0. The zero-order chi connectivity index (χ0) is 17.6. The minimum atomic E-state index is 0.211. The van der Waals surface area contributed by atoms with Gasteiger partial charge in [-0.15, -0.1) is 0 Å². The highest BCUT2D eigenvalue weighted by molar-refractivity contribution is 5.83. The summed E-state index contributed by atoms with van der Waals surface area (Å²) in [6.45, 7) is 8.45. The van der Waals surface area contributed by atoms with Crippen LogP contribution in [0.2, 0.25) is 0 Å². The Hall–Kier alpha value is -1.29. The molecule has 2 saturated carbocycles. The van der Waals surface area contributed by atoms with Crippen LogP contribution >= 0.6 is 0 Å². The van der Waals surface area contributed by atoms with E-state index >= 15 is 0 Å². The summed E-state index contributed by atoms with van der Waals surface area (Å²) in [5.41, 5.74) is 1.76. The van der Waals surface area contributed by atoms with Crippen LogP contribution < -0.4 is 0 Å². The molecule has 0 atom stereocenters. The fourth-order valence-corrected chi connectivity index (χ4v) is 5.45. The number of hydrogen-bond donors (Lipinski definition) is 0. The molecule has 0 amide bonds. The second-order valence-corrected chi connectivity index (χ2v) is 9.06. The van der Waals surface area contributed by atoms with Gasteiger partial charge in [0, 0.05) is 35.7 Å². The smallest absolute Gasteiger partial charge is 0.138 e. The van der Waals surface area contributed by atoms with Gasteiger partial charge in [0.2, 0.25) is 0 Å². The van der Waals surface area contributed by atoms with Crippen molar-refractivity contribution < 1.29 is 4.79 Å². The quantitative estimate of drug-likeness (QED) is 0.837. The van der Waals surface area contributed by atoms with Crippen molar-refractivity contribution in [2.24, 2.45) is 17.3 Å². The predicted octanol–water partition coefficient (Wildman–Crippen LogP) is 3.75. The van der Waals surface area contributed by atoms with Crippen molar-refractivity contribution in [2.45, 2.75) is 71.3 Å². The molecule has 25 heavy (non-hydrogen) atoms. The third-order valence-corrected chi connectivity index (χ3v) is 6.93. The van der Waals surface area contributed by atoms with Gasteiger partial charge in [-0.1, -0.05) is 13.8 Å². The van der Waals surface area contributed by atoms with E-state index in [0.29, 0.717) is 23.0 Å². The van der Waals surface area contributed by atoms with E-state index in [1.54, 1.807) is 0 Å². The maximum atomic E-state index is 12.1. The molecule has 4 nitrogen and oxygen atoms in total. The number of piperidine rings is 1. The summed E-state index contributed by atoms with van der Waals surface area (Å²) in [5, 5.41) is 0. The second kappa shape index (κ2) is 6.46. The summed E-state index contributed by atoms with van der Waals surface area (Å²) in [6.07, 6.45) is 9.31. The highest BCUT2D eigenvalue weighted by Crippen LogP contribution is 2.60. The van der Waals surface area contributed by atoms with E-state index in [-0.39, 0.29) is 5.92 Å². The summed E-state index contributed by atoms with van der Waals surface area (Å²) < 4.78 is 0. The van der Waals surface area contributed by atoms with Gasteiger partial charge in [0.15, 0.2) is 0 Å². The largest absolute Gasteiger partial charge is 0.300 e. The molecular formula is C21H31N3O. The summed E-state index contributed by atoms with van der Waals surface area (Å²) in [7, 11) is 0. The van der Waals surface area contributed by atoms with Crippen molar-refractivity contribution in [3.05, 3.63) is 23.8 Å². The van der Waals surface area contributed by atoms with Crippen LogP contribution in [0.5, 0.6) is 0 Å². The van der Waals surface area contributed by atoms with Gasteiger partial charge in [0.25, 0.3) is 0 Å². The van der Waals surface area contributed by atoms with Crippen LogP contribution in [-0.4, -0.2) is 39.8 Å². The number of carbonyl (C=O) groups excluding carboxylic acids is 1. The molecule has 1 aromatic heterocycles. The highest BCUT2D eigenvalue weighted by Gasteiger charge is 2.55. The zero-order valence-corrected chi connectivity index (χ0v) is 15.9. The maximum Gasteiger partial charge on any atom is 0.138 e. The van der Waals surface area contributed by atoms with E-state index in [0.717, 1.165) is 24.7 Å². The van der Waals surface area contributed by atoms with Gasteiger partial charge in [-0.2, -0.15) is 0 Å². The average Bonchev–Trinajstić information content (AvgIpc) is 2.52. The van der Waals surface area contributed by atoms with Gasteiger partial charge in [0.05, 0.1) is 0 Å². The first-order valence-corrected chi connectivity index (χ1v) is 10.0. The standard InChI is InChI=1S/C21H31N3O/c1-14(2)20(25)17-10-21(11-17)12-18(13-21)24-8-5-16(6-9-24)19-4-7-22-15(3)23-19/h4,7,14,16-18H,5-6,8-13H2,1-3H3. The Morgan fingerprint density at radius 3 is 2.48 bits per heavy atom. The lowest BCUT2D eigenvalue weighted by Gasteiger charge is -2.60. The molecule has 0 bridgehead atoms. The molecule has 2 aliphatic carbocycles. The topological polar surface area (TPSA) is 46.1 Å². The molecule has 1 saturated heterocycles. The van der Waals surface area contributed by atoms with Crippen molar-refractivity contribution >= 4 is 5.78 Å². The summed E-state index contributed by atoms with van der Waals surface area (Å²) in [6, 6.07) is 2.86. The fourth-order valence-electron chi connectivity index (χ4n) is 5.45. The number of likely N-dealkylation sites (tertiary alicyclic amines) is 1. The van der Waals surface area contributed by atoms with Gasteiger partial charge < -0.3 is 4.90 Å². The molecule has 1 aromatic rings. The number of hydrogen-bond acceptors (Lipinski definition) is 4. The number of aromatic nitrogens is 2. The molecule has 3 aliphatic rings. The number of carbonyl (C=O) groups is 1. The Morgan fingerprint density at radius 2 is 1.88 bits per heavy atom. The van der Waals surface area contributed by atoms with Crippen molar-refractivity contribution in [1.82, 2.24) is 14.9 Å². The molecule has 1 spiro atoms. The SMILES string of the molecule is Cc1nccc(C2CCN(C3CC4(CC(C(=O)C(C)C)C4)C3)CC2)n1. The third kappa shape index (κ3) is 3.25. The maximum absolute atomic E-state index is 12.1. The fraction of sp³-hybridized carbons (Fsp3) is 0.762.